The van der Waals surface area contributed by atoms with Crippen LogP contribution in [-0.4, -0.2) is 12.3 Å². The van der Waals surface area contributed by atoms with Gasteiger partial charge in [-0.25, -0.2) is 0 Å². The van der Waals surface area contributed by atoms with Gasteiger partial charge in [-0.3, -0.25) is 0 Å². The van der Waals surface area contributed by atoms with Gasteiger partial charge in [0, 0.05) is 0 Å². The maximum absolute atomic E-state index is 2.28. The van der Waals surface area contributed by atoms with Crippen LogP contribution in [0.2, 0.25) is 0 Å². The van der Waals surface area contributed by atoms with Gasteiger partial charge in [-0.05, 0) is 21.9 Å². The summed E-state index contributed by atoms with van der Waals surface area (Å²) < 4.78 is 0. The van der Waals surface area contributed by atoms with E-state index in [0.29, 0.717) is 0 Å². The molecule has 0 saturated carbocycles. The molecule has 0 aromatic rings. The quantitative estimate of drug-likeness (QED) is 0.407. The van der Waals surface area contributed by atoms with Gasteiger partial charge in [-0.2, -0.15) is 0 Å². The largest absolute Gasteiger partial charge is 0.107 e. The molecule has 0 saturated heterocycles. The van der Waals surface area contributed by atoms with Gasteiger partial charge in [0.05, 0.1) is 12.3 Å². The molecular formula is C6H17IP+. The lowest BCUT2D eigenvalue weighted by atomic mass is 10.4. The van der Waals surface area contributed by atoms with E-state index in [0.717, 1.165) is 8.58 Å². The highest BCUT2D eigenvalue weighted by Crippen LogP contribution is 2.09. The second-order valence-electron chi connectivity index (χ2n) is 1.84. The number of unbranched alkanes of at least 4 members (excludes halogenated alkanes) is 1. The summed E-state index contributed by atoms with van der Waals surface area (Å²) in [4.78, 5) is 0. The van der Waals surface area contributed by atoms with Crippen LogP contribution < -0.4 is 0 Å². The molecule has 0 heterocycles. The standard InChI is InChI=1S/C6H15P.HI/c1-3-5-6-7-4-2;/h7H,3-6H2,1-2H3;1H/p+1. The Hall–Kier alpha value is 1.16. The van der Waals surface area contributed by atoms with Crippen molar-refractivity contribution < 1.29 is 0 Å². The summed E-state index contributed by atoms with van der Waals surface area (Å²) in [6.07, 6.45) is 5.81. The zero-order valence-corrected chi connectivity index (χ0v) is 9.30. The normalized spacial score (nSPS) is 9.75. The fraction of sp³-hybridized carbons (Fsp3) is 1.00. The van der Waals surface area contributed by atoms with Crippen LogP contribution in [0.4, 0.5) is 0 Å². The first-order valence-electron chi connectivity index (χ1n) is 3.23. The predicted molar refractivity (Wildman–Crippen MR) is 55.4 cm³/mol. The molecule has 0 amide bonds. The highest BCUT2D eigenvalue weighted by Gasteiger charge is 1.86. The van der Waals surface area contributed by atoms with Crippen molar-refractivity contribution in [2.45, 2.75) is 26.7 Å². The fourth-order valence-corrected chi connectivity index (χ4v) is 1.66. The molecule has 0 bridgehead atoms. The number of rotatable bonds is 4. The Labute approximate surface area is 71.6 Å². The van der Waals surface area contributed by atoms with Gasteiger partial charge < -0.3 is 0 Å². The van der Waals surface area contributed by atoms with E-state index in [1.165, 1.54) is 25.2 Å². The molecule has 0 rings (SSSR count). The molecule has 0 radical (unpaired) electrons. The van der Waals surface area contributed by atoms with Crippen LogP contribution in [0.3, 0.4) is 0 Å². The Morgan fingerprint density at radius 1 is 1.25 bits per heavy atom. The van der Waals surface area contributed by atoms with Crippen molar-refractivity contribution in [1.29, 1.82) is 0 Å². The number of hydrogen-bond donors (Lipinski definition) is 0. The highest BCUT2D eigenvalue weighted by molar-refractivity contribution is 14.0. The van der Waals surface area contributed by atoms with Gasteiger partial charge in [-0.15, -0.1) is 24.0 Å². The van der Waals surface area contributed by atoms with E-state index in [9.17, 15) is 0 Å². The minimum atomic E-state index is 0. The third-order valence-corrected chi connectivity index (χ3v) is 2.44. The van der Waals surface area contributed by atoms with E-state index in [2.05, 4.69) is 13.8 Å². The van der Waals surface area contributed by atoms with Crippen molar-refractivity contribution in [2.24, 2.45) is 0 Å². The van der Waals surface area contributed by atoms with Crippen molar-refractivity contribution in [3.8, 4) is 0 Å². The van der Waals surface area contributed by atoms with E-state index in [4.69, 9.17) is 0 Å². The Balaban J connectivity index is 0. The molecule has 1 atom stereocenters. The van der Waals surface area contributed by atoms with E-state index >= 15 is 0 Å². The molecule has 0 aliphatic rings. The smallest absolute Gasteiger partial charge is 0.0549 e. The maximum atomic E-state index is 2.28. The summed E-state index contributed by atoms with van der Waals surface area (Å²) in [7, 11) is 0.816. The maximum Gasteiger partial charge on any atom is 0.0549 e. The Morgan fingerprint density at radius 2 is 1.88 bits per heavy atom. The van der Waals surface area contributed by atoms with Gasteiger partial charge in [0.25, 0.3) is 0 Å². The third kappa shape index (κ3) is 10.2. The molecular weight excluding hydrogens is 230 g/mol. The van der Waals surface area contributed by atoms with E-state index in [-0.39, 0.29) is 24.0 Å². The first kappa shape index (κ1) is 11.9. The van der Waals surface area contributed by atoms with E-state index < -0.39 is 0 Å². The van der Waals surface area contributed by atoms with Crippen molar-refractivity contribution in [3.05, 3.63) is 0 Å². The molecule has 0 fully saturated rings. The Bertz CT molecular complexity index is 27.7. The molecule has 2 heteroatoms. The van der Waals surface area contributed by atoms with Crippen molar-refractivity contribution in [1.82, 2.24) is 0 Å². The van der Waals surface area contributed by atoms with Crippen LogP contribution in [0.5, 0.6) is 0 Å². The predicted octanol–water partition coefficient (Wildman–Crippen LogP) is 2.84. The van der Waals surface area contributed by atoms with Crippen LogP contribution in [0, 0.1) is 0 Å². The molecule has 0 nitrogen and oxygen atoms in total. The average molecular weight is 247 g/mol. The second kappa shape index (κ2) is 11.0. The van der Waals surface area contributed by atoms with Gasteiger partial charge in [0.2, 0.25) is 0 Å². The second-order valence-corrected chi connectivity index (χ2v) is 3.81. The van der Waals surface area contributed by atoms with Crippen molar-refractivity contribution in [2.75, 3.05) is 12.3 Å². The average Bonchev–Trinajstić information content (AvgIpc) is 1.69. The van der Waals surface area contributed by atoms with Crippen LogP contribution in [0.1, 0.15) is 26.7 Å². The lowest BCUT2D eigenvalue weighted by Gasteiger charge is -1.85. The van der Waals surface area contributed by atoms with Gasteiger partial charge in [0.1, 0.15) is 0 Å². The molecule has 0 spiro atoms. The van der Waals surface area contributed by atoms with Crippen molar-refractivity contribution >= 4 is 32.6 Å². The summed E-state index contributed by atoms with van der Waals surface area (Å²) in [5.41, 5.74) is 0. The minimum absolute atomic E-state index is 0. The van der Waals surface area contributed by atoms with Gasteiger partial charge in [-0.1, -0.05) is 13.3 Å². The summed E-state index contributed by atoms with van der Waals surface area (Å²) >= 11 is 0. The Morgan fingerprint density at radius 3 is 2.25 bits per heavy atom. The first-order chi connectivity index (χ1) is 3.41. The molecule has 52 valence electrons. The molecule has 0 N–H and O–H groups in total. The zero-order valence-electron chi connectivity index (χ0n) is 5.81. The topological polar surface area (TPSA) is 0 Å². The van der Waals surface area contributed by atoms with Gasteiger partial charge >= 0.3 is 0 Å². The van der Waals surface area contributed by atoms with Crippen LogP contribution >= 0.6 is 32.6 Å². The van der Waals surface area contributed by atoms with Crippen LogP contribution in [0.15, 0.2) is 0 Å². The molecule has 8 heavy (non-hydrogen) atoms. The number of halogens is 1. The Kier molecular flexibility index (Phi) is 16.4. The lowest BCUT2D eigenvalue weighted by molar-refractivity contribution is 0.893. The number of hydrogen-bond acceptors (Lipinski definition) is 0. The third-order valence-electron chi connectivity index (χ3n) is 1.05. The first-order valence-corrected chi connectivity index (χ1v) is 4.86. The highest BCUT2D eigenvalue weighted by atomic mass is 127. The van der Waals surface area contributed by atoms with E-state index in [1.54, 1.807) is 0 Å². The molecule has 0 aromatic heterocycles. The molecule has 1 unspecified atom stereocenters. The fourth-order valence-electron chi connectivity index (χ4n) is 0.553. The van der Waals surface area contributed by atoms with E-state index in [1.807, 2.05) is 0 Å². The van der Waals surface area contributed by atoms with Crippen molar-refractivity contribution in [3.63, 3.8) is 0 Å². The summed E-state index contributed by atoms with van der Waals surface area (Å²) in [6, 6.07) is 0. The van der Waals surface area contributed by atoms with Gasteiger partial charge in [0.15, 0.2) is 0 Å². The molecule has 0 aliphatic carbocycles. The summed E-state index contributed by atoms with van der Waals surface area (Å²) in [6.45, 7) is 4.54. The zero-order chi connectivity index (χ0) is 5.54. The monoisotopic (exact) mass is 247 g/mol. The summed E-state index contributed by atoms with van der Waals surface area (Å²) in [5, 5.41) is 0. The molecule has 0 aliphatic heterocycles. The SMILES string of the molecule is CCCC[PH2+]CC.I. The van der Waals surface area contributed by atoms with Crippen LogP contribution in [-0.2, 0) is 0 Å². The molecule has 0 aromatic carbocycles. The summed E-state index contributed by atoms with van der Waals surface area (Å²) in [5.74, 6) is 0. The lowest BCUT2D eigenvalue weighted by Crippen LogP contribution is -1.73. The minimum Gasteiger partial charge on any atom is -0.107 e. The van der Waals surface area contributed by atoms with Crippen LogP contribution in [0.25, 0.3) is 0 Å².